The number of nitro benzene ring substituents is 1. The zero-order chi connectivity index (χ0) is 24.9. The van der Waals surface area contributed by atoms with Gasteiger partial charge in [0.2, 0.25) is 5.75 Å². The monoisotopic (exact) mass is 538 g/mol. The average molecular weight is 539 g/mol. The number of ether oxygens (including phenoxy) is 1. The highest BCUT2D eigenvalue weighted by molar-refractivity contribution is 9.10. The van der Waals surface area contributed by atoms with E-state index in [0.717, 1.165) is 10.9 Å². The van der Waals surface area contributed by atoms with Crippen molar-refractivity contribution in [1.82, 2.24) is 9.66 Å². The Balaban J connectivity index is 1.77. The van der Waals surface area contributed by atoms with E-state index in [0.29, 0.717) is 34.3 Å². The highest BCUT2D eigenvalue weighted by atomic mass is 79.9. The second-order valence-electron chi connectivity index (χ2n) is 7.67. The molecular weight excluding hydrogens is 519 g/mol. The lowest BCUT2D eigenvalue weighted by molar-refractivity contribution is -0.385. The molecule has 0 amide bonds. The van der Waals surface area contributed by atoms with Gasteiger partial charge in [-0.25, -0.2) is 9.37 Å². The van der Waals surface area contributed by atoms with Crippen molar-refractivity contribution in [2.45, 2.75) is 26.4 Å². The summed E-state index contributed by atoms with van der Waals surface area (Å²) >= 11 is 3.37. The number of fused-ring (bicyclic) bond motifs is 1. The van der Waals surface area contributed by atoms with Crippen LogP contribution in [0.4, 0.5) is 10.1 Å². The Bertz CT molecular complexity index is 1490. The third-order valence-corrected chi connectivity index (χ3v) is 5.67. The predicted molar refractivity (Wildman–Crippen MR) is 135 cm³/mol. The SMILES string of the molecule is CCCc1nc2ccc(Br)cc2c(=O)n1N=Cc1cccc([N+](=O)[O-])c1OCc1ccc(F)cc1. The first-order chi connectivity index (χ1) is 16.9. The lowest BCUT2D eigenvalue weighted by Gasteiger charge is -2.11. The number of aryl methyl sites for hydroxylation is 1. The van der Waals surface area contributed by atoms with Crippen molar-refractivity contribution in [3.05, 3.63) is 108 Å². The van der Waals surface area contributed by atoms with Crippen LogP contribution in [-0.4, -0.2) is 20.8 Å². The maximum atomic E-state index is 13.2. The normalized spacial score (nSPS) is 11.3. The first-order valence-corrected chi connectivity index (χ1v) is 11.6. The van der Waals surface area contributed by atoms with Crippen molar-refractivity contribution < 1.29 is 14.1 Å². The number of aromatic nitrogens is 2. The summed E-state index contributed by atoms with van der Waals surface area (Å²) in [5.41, 5.74) is 0.905. The van der Waals surface area contributed by atoms with E-state index in [9.17, 15) is 19.3 Å². The Morgan fingerprint density at radius 2 is 1.97 bits per heavy atom. The molecule has 0 spiro atoms. The van der Waals surface area contributed by atoms with E-state index in [1.165, 1.54) is 47.3 Å². The molecule has 0 atom stereocenters. The number of nitro groups is 1. The van der Waals surface area contributed by atoms with Gasteiger partial charge >= 0.3 is 5.69 Å². The van der Waals surface area contributed by atoms with Crippen LogP contribution in [0.25, 0.3) is 10.9 Å². The van der Waals surface area contributed by atoms with Crippen LogP contribution in [0.15, 0.2) is 75.0 Å². The fraction of sp³-hybridized carbons (Fsp3) is 0.160. The maximum Gasteiger partial charge on any atom is 0.311 e. The third kappa shape index (κ3) is 5.43. The van der Waals surface area contributed by atoms with Crippen LogP contribution in [0.3, 0.4) is 0 Å². The Morgan fingerprint density at radius 3 is 2.69 bits per heavy atom. The maximum absolute atomic E-state index is 13.2. The molecule has 0 saturated carbocycles. The molecule has 0 fully saturated rings. The summed E-state index contributed by atoms with van der Waals surface area (Å²) in [7, 11) is 0. The predicted octanol–water partition coefficient (Wildman–Crippen LogP) is 5.62. The van der Waals surface area contributed by atoms with Crippen LogP contribution >= 0.6 is 15.9 Å². The lowest BCUT2D eigenvalue weighted by Crippen LogP contribution is -2.22. The number of nitrogens with zero attached hydrogens (tertiary/aromatic N) is 4. The summed E-state index contributed by atoms with van der Waals surface area (Å²) in [4.78, 5) is 28.9. The molecule has 35 heavy (non-hydrogen) atoms. The Labute approximate surface area is 208 Å². The van der Waals surface area contributed by atoms with E-state index in [1.54, 1.807) is 18.2 Å². The number of hydrogen-bond acceptors (Lipinski definition) is 6. The van der Waals surface area contributed by atoms with Gasteiger partial charge < -0.3 is 4.74 Å². The standard InChI is InChI=1S/C25H20BrFN4O4/c1-2-4-23-29-21-12-9-18(26)13-20(21)25(32)30(23)28-14-17-5-3-6-22(31(33)34)24(17)35-15-16-7-10-19(27)11-8-16/h3,5-14H,2,4,15H2,1H3. The fourth-order valence-corrected chi connectivity index (χ4v) is 3.86. The van der Waals surface area contributed by atoms with Crippen LogP contribution in [-0.2, 0) is 13.0 Å². The molecule has 10 heteroatoms. The molecule has 0 saturated heterocycles. The van der Waals surface area contributed by atoms with Gasteiger partial charge in [-0.05, 0) is 48.4 Å². The Hall–Kier alpha value is -3.92. The topological polar surface area (TPSA) is 99.6 Å². The molecule has 8 nitrogen and oxygen atoms in total. The van der Waals surface area contributed by atoms with Gasteiger partial charge in [-0.1, -0.05) is 41.1 Å². The smallest absolute Gasteiger partial charge is 0.311 e. The second-order valence-corrected chi connectivity index (χ2v) is 8.58. The molecule has 1 heterocycles. The van der Waals surface area contributed by atoms with Crippen LogP contribution in [0, 0.1) is 15.9 Å². The molecule has 178 valence electrons. The van der Waals surface area contributed by atoms with Crippen molar-refractivity contribution in [2.75, 3.05) is 0 Å². The molecular formula is C25H20BrFN4O4. The van der Waals surface area contributed by atoms with Gasteiger partial charge in [-0.15, -0.1) is 0 Å². The van der Waals surface area contributed by atoms with Crippen molar-refractivity contribution in [3.63, 3.8) is 0 Å². The van der Waals surface area contributed by atoms with E-state index in [4.69, 9.17) is 4.74 Å². The number of para-hydroxylation sites is 1. The molecule has 0 N–H and O–H groups in total. The quantitative estimate of drug-likeness (QED) is 0.164. The minimum atomic E-state index is -0.554. The molecule has 0 bridgehead atoms. The van der Waals surface area contributed by atoms with Gasteiger partial charge in [0.25, 0.3) is 5.56 Å². The Kier molecular flexibility index (Phi) is 7.31. The first-order valence-electron chi connectivity index (χ1n) is 10.8. The van der Waals surface area contributed by atoms with Gasteiger partial charge in [0.1, 0.15) is 18.2 Å². The zero-order valence-corrected chi connectivity index (χ0v) is 20.2. The molecule has 0 aliphatic rings. The van der Waals surface area contributed by atoms with Crippen molar-refractivity contribution in [2.24, 2.45) is 5.10 Å². The summed E-state index contributed by atoms with van der Waals surface area (Å²) < 4.78 is 20.9. The molecule has 1 aromatic heterocycles. The van der Waals surface area contributed by atoms with E-state index in [1.807, 2.05) is 13.0 Å². The van der Waals surface area contributed by atoms with Crippen LogP contribution in [0.5, 0.6) is 5.75 Å². The largest absolute Gasteiger partial charge is 0.481 e. The summed E-state index contributed by atoms with van der Waals surface area (Å²) in [5.74, 6) is 0.0755. The van der Waals surface area contributed by atoms with E-state index in [2.05, 4.69) is 26.0 Å². The van der Waals surface area contributed by atoms with Crippen LogP contribution in [0.2, 0.25) is 0 Å². The molecule has 0 aliphatic carbocycles. The molecule has 0 radical (unpaired) electrons. The van der Waals surface area contributed by atoms with E-state index >= 15 is 0 Å². The highest BCUT2D eigenvalue weighted by Gasteiger charge is 2.19. The van der Waals surface area contributed by atoms with Gasteiger partial charge in [0.15, 0.2) is 0 Å². The summed E-state index contributed by atoms with van der Waals surface area (Å²) in [6, 6.07) is 15.3. The second kappa shape index (κ2) is 10.6. The van der Waals surface area contributed by atoms with Crippen LogP contribution < -0.4 is 10.3 Å². The number of hydrogen-bond donors (Lipinski definition) is 0. The number of benzene rings is 3. The van der Waals surface area contributed by atoms with Crippen molar-refractivity contribution >= 4 is 38.7 Å². The molecule has 0 unspecified atom stereocenters. The van der Waals surface area contributed by atoms with Gasteiger partial charge in [0.05, 0.1) is 22.0 Å². The molecule has 0 aliphatic heterocycles. The highest BCUT2D eigenvalue weighted by Crippen LogP contribution is 2.31. The minimum Gasteiger partial charge on any atom is -0.481 e. The fourth-order valence-electron chi connectivity index (χ4n) is 3.50. The molecule has 4 rings (SSSR count). The molecule has 4 aromatic rings. The van der Waals surface area contributed by atoms with Gasteiger partial charge in [-0.3, -0.25) is 14.9 Å². The molecule has 3 aromatic carbocycles. The Morgan fingerprint density at radius 1 is 1.20 bits per heavy atom. The van der Waals surface area contributed by atoms with E-state index < -0.39 is 10.7 Å². The van der Waals surface area contributed by atoms with Crippen molar-refractivity contribution in [1.29, 1.82) is 0 Å². The van der Waals surface area contributed by atoms with Crippen molar-refractivity contribution in [3.8, 4) is 5.75 Å². The average Bonchev–Trinajstić information content (AvgIpc) is 2.84. The van der Waals surface area contributed by atoms with E-state index in [-0.39, 0.29) is 23.6 Å². The lowest BCUT2D eigenvalue weighted by atomic mass is 10.2. The minimum absolute atomic E-state index is 0.00726. The summed E-state index contributed by atoms with van der Waals surface area (Å²) in [5, 5.41) is 16.4. The number of halogens is 2. The third-order valence-electron chi connectivity index (χ3n) is 5.18. The van der Waals surface area contributed by atoms with Crippen LogP contribution in [0.1, 0.15) is 30.3 Å². The number of rotatable bonds is 8. The first kappa shape index (κ1) is 24.2. The summed E-state index contributed by atoms with van der Waals surface area (Å²) in [6.07, 6.45) is 2.60. The van der Waals surface area contributed by atoms with Gasteiger partial charge in [-0.2, -0.15) is 9.78 Å². The zero-order valence-electron chi connectivity index (χ0n) is 18.6. The summed E-state index contributed by atoms with van der Waals surface area (Å²) in [6.45, 7) is 1.95. The van der Waals surface area contributed by atoms with Gasteiger partial charge in [0, 0.05) is 22.5 Å².